The Balaban J connectivity index is 1.98. The van der Waals surface area contributed by atoms with Crippen LogP contribution in [0, 0.1) is 5.92 Å². The van der Waals surface area contributed by atoms with Crippen molar-refractivity contribution in [3.63, 3.8) is 0 Å². The lowest BCUT2D eigenvalue weighted by molar-refractivity contribution is -0.122. The minimum atomic E-state index is -0.0192. The topological polar surface area (TPSA) is 73.6 Å². The van der Waals surface area contributed by atoms with Crippen LogP contribution in [0.1, 0.15) is 12.0 Å². The molecule has 0 saturated heterocycles. The number of amides is 1. The van der Waals surface area contributed by atoms with Gasteiger partial charge in [-0.05, 0) is 18.6 Å². The first-order valence-electron chi connectivity index (χ1n) is 5.90. The Bertz CT molecular complexity index is 448. The largest absolute Gasteiger partial charge is 0.497 e. The molecule has 1 aromatic carbocycles. The molecule has 18 heavy (non-hydrogen) atoms. The van der Waals surface area contributed by atoms with Gasteiger partial charge in [0, 0.05) is 24.2 Å². The molecule has 2 unspecified atom stereocenters. The number of hydrogen-bond donors (Lipinski definition) is 2. The minimum absolute atomic E-state index is 0.0142. The Kier molecular flexibility index (Phi) is 3.72. The lowest BCUT2D eigenvalue weighted by atomic mass is 10.2. The standard InChI is InChI=1S/C13H18N2O3/c1-17-9-4-3-8(12(5-9)18-2)7-15-13(16)10-6-11(10)14/h3-5,10-11H,6-7,14H2,1-2H3,(H,15,16). The zero-order chi connectivity index (χ0) is 13.1. The molecule has 3 N–H and O–H groups in total. The Hall–Kier alpha value is -1.75. The molecule has 5 nitrogen and oxygen atoms in total. The van der Waals surface area contributed by atoms with Crippen molar-refractivity contribution in [2.24, 2.45) is 11.7 Å². The molecule has 1 saturated carbocycles. The van der Waals surface area contributed by atoms with E-state index in [0.29, 0.717) is 12.3 Å². The maximum absolute atomic E-state index is 11.7. The first-order valence-corrected chi connectivity index (χ1v) is 5.90. The summed E-state index contributed by atoms with van der Waals surface area (Å²) in [6.45, 7) is 0.440. The fourth-order valence-electron chi connectivity index (χ4n) is 1.83. The molecule has 1 aliphatic rings. The van der Waals surface area contributed by atoms with Gasteiger partial charge in [0.05, 0.1) is 20.1 Å². The van der Waals surface area contributed by atoms with Gasteiger partial charge in [-0.3, -0.25) is 4.79 Å². The van der Waals surface area contributed by atoms with Gasteiger partial charge in [-0.25, -0.2) is 0 Å². The highest BCUT2D eigenvalue weighted by molar-refractivity contribution is 5.82. The number of nitrogens with one attached hydrogen (secondary N) is 1. The van der Waals surface area contributed by atoms with E-state index < -0.39 is 0 Å². The van der Waals surface area contributed by atoms with Crippen LogP contribution in [-0.2, 0) is 11.3 Å². The van der Waals surface area contributed by atoms with Gasteiger partial charge >= 0.3 is 0 Å². The van der Waals surface area contributed by atoms with Crippen LogP contribution in [0.15, 0.2) is 18.2 Å². The molecule has 1 aliphatic carbocycles. The van der Waals surface area contributed by atoms with Crippen LogP contribution < -0.4 is 20.5 Å². The summed E-state index contributed by atoms with van der Waals surface area (Å²) in [5.41, 5.74) is 6.55. The molecular formula is C13H18N2O3. The Morgan fingerprint density at radius 1 is 1.44 bits per heavy atom. The molecule has 2 atom stereocenters. The van der Waals surface area contributed by atoms with Crippen LogP contribution in [0.4, 0.5) is 0 Å². The number of carbonyl (C=O) groups excluding carboxylic acids is 1. The molecule has 0 heterocycles. The maximum atomic E-state index is 11.7. The second-order valence-electron chi connectivity index (χ2n) is 4.40. The van der Waals surface area contributed by atoms with Gasteiger partial charge in [-0.1, -0.05) is 0 Å². The van der Waals surface area contributed by atoms with Gasteiger partial charge in [0.2, 0.25) is 5.91 Å². The van der Waals surface area contributed by atoms with Crippen LogP contribution >= 0.6 is 0 Å². The molecule has 0 radical (unpaired) electrons. The fraction of sp³-hybridized carbons (Fsp3) is 0.462. The third kappa shape index (κ3) is 2.73. The summed E-state index contributed by atoms with van der Waals surface area (Å²) >= 11 is 0. The summed E-state index contributed by atoms with van der Waals surface area (Å²) in [6.07, 6.45) is 0.783. The number of ether oxygens (including phenoxy) is 2. The molecule has 0 spiro atoms. The summed E-state index contributed by atoms with van der Waals surface area (Å²) < 4.78 is 10.4. The van der Waals surface area contributed by atoms with E-state index >= 15 is 0 Å². The number of rotatable bonds is 5. The van der Waals surface area contributed by atoms with Crippen LogP contribution in [0.5, 0.6) is 11.5 Å². The molecule has 2 rings (SSSR count). The van der Waals surface area contributed by atoms with E-state index in [0.717, 1.165) is 17.7 Å². The Morgan fingerprint density at radius 2 is 2.17 bits per heavy atom. The van der Waals surface area contributed by atoms with Crippen molar-refractivity contribution in [1.82, 2.24) is 5.32 Å². The van der Waals surface area contributed by atoms with Gasteiger partial charge in [0.15, 0.2) is 0 Å². The van der Waals surface area contributed by atoms with E-state index in [-0.39, 0.29) is 17.9 Å². The van der Waals surface area contributed by atoms with Crippen LogP contribution in [0.2, 0.25) is 0 Å². The highest BCUT2D eigenvalue weighted by Gasteiger charge is 2.39. The van der Waals surface area contributed by atoms with Crippen LogP contribution in [-0.4, -0.2) is 26.2 Å². The number of nitrogens with two attached hydrogens (primary N) is 1. The summed E-state index contributed by atoms with van der Waals surface area (Å²) in [7, 11) is 3.20. The minimum Gasteiger partial charge on any atom is -0.497 e. The van der Waals surface area contributed by atoms with E-state index in [1.807, 2.05) is 12.1 Å². The zero-order valence-corrected chi connectivity index (χ0v) is 10.6. The van der Waals surface area contributed by atoms with Crippen molar-refractivity contribution in [2.75, 3.05) is 14.2 Å². The summed E-state index contributed by atoms with van der Waals surface area (Å²) in [4.78, 5) is 11.7. The summed E-state index contributed by atoms with van der Waals surface area (Å²) in [5, 5.41) is 2.86. The SMILES string of the molecule is COc1ccc(CNC(=O)C2CC2N)c(OC)c1. The molecule has 0 aliphatic heterocycles. The molecular weight excluding hydrogens is 232 g/mol. The van der Waals surface area contributed by atoms with E-state index in [1.54, 1.807) is 20.3 Å². The van der Waals surface area contributed by atoms with Gasteiger partial charge in [-0.15, -0.1) is 0 Å². The number of methoxy groups -OCH3 is 2. The second kappa shape index (κ2) is 5.27. The first kappa shape index (κ1) is 12.7. The number of benzene rings is 1. The smallest absolute Gasteiger partial charge is 0.225 e. The molecule has 1 fully saturated rings. The lowest BCUT2D eigenvalue weighted by Crippen LogP contribution is -2.27. The summed E-state index contributed by atoms with van der Waals surface area (Å²) in [5.74, 6) is 1.43. The average molecular weight is 250 g/mol. The predicted octanol–water partition coefficient (Wildman–Crippen LogP) is 0.667. The lowest BCUT2D eigenvalue weighted by Gasteiger charge is -2.11. The van der Waals surface area contributed by atoms with Crippen LogP contribution in [0.3, 0.4) is 0 Å². The fourth-order valence-corrected chi connectivity index (χ4v) is 1.83. The first-order chi connectivity index (χ1) is 8.65. The van der Waals surface area contributed by atoms with Crippen molar-refractivity contribution in [3.05, 3.63) is 23.8 Å². The normalized spacial score (nSPS) is 21.3. The zero-order valence-electron chi connectivity index (χ0n) is 10.6. The van der Waals surface area contributed by atoms with E-state index in [9.17, 15) is 4.79 Å². The molecule has 1 aromatic rings. The van der Waals surface area contributed by atoms with E-state index in [1.165, 1.54) is 0 Å². The van der Waals surface area contributed by atoms with Gasteiger partial charge in [-0.2, -0.15) is 0 Å². The Morgan fingerprint density at radius 3 is 2.72 bits per heavy atom. The van der Waals surface area contributed by atoms with Gasteiger partial charge in [0.1, 0.15) is 11.5 Å². The quantitative estimate of drug-likeness (QED) is 0.805. The summed E-state index contributed by atoms with van der Waals surface area (Å²) in [6, 6.07) is 5.55. The molecule has 0 aromatic heterocycles. The molecule has 98 valence electrons. The van der Waals surface area contributed by atoms with Crippen LogP contribution in [0.25, 0.3) is 0 Å². The average Bonchev–Trinajstić information content (AvgIpc) is 3.13. The number of hydrogen-bond acceptors (Lipinski definition) is 4. The second-order valence-corrected chi connectivity index (χ2v) is 4.40. The van der Waals surface area contributed by atoms with Crippen molar-refractivity contribution in [1.29, 1.82) is 0 Å². The van der Waals surface area contributed by atoms with E-state index in [2.05, 4.69) is 5.32 Å². The van der Waals surface area contributed by atoms with Crippen molar-refractivity contribution < 1.29 is 14.3 Å². The maximum Gasteiger partial charge on any atom is 0.225 e. The predicted molar refractivity (Wildman–Crippen MR) is 67.5 cm³/mol. The highest BCUT2D eigenvalue weighted by atomic mass is 16.5. The Labute approximate surface area is 106 Å². The molecule has 5 heteroatoms. The number of carbonyl (C=O) groups is 1. The van der Waals surface area contributed by atoms with Gasteiger partial charge in [0.25, 0.3) is 0 Å². The van der Waals surface area contributed by atoms with Crippen molar-refractivity contribution in [3.8, 4) is 11.5 Å². The van der Waals surface area contributed by atoms with Crippen molar-refractivity contribution in [2.45, 2.75) is 19.0 Å². The third-order valence-corrected chi connectivity index (χ3v) is 3.12. The monoisotopic (exact) mass is 250 g/mol. The van der Waals surface area contributed by atoms with E-state index in [4.69, 9.17) is 15.2 Å². The van der Waals surface area contributed by atoms with Crippen molar-refractivity contribution >= 4 is 5.91 Å². The van der Waals surface area contributed by atoms with Gasteiger partial charge < -0.3 is 20.5 Å². The third-order valence-electron chi connectivity index (χ3n) is 3.12. The molecule has 0 bridgehead atoms. The molecule has 1 amide bonds. The highest BCUT2D eigenvalue weighted by Crippen LogP contribution is 2.28.